The number of rotatable bonds is 4. The average Bonchev–Trinajstić information content (AvgIpc) is 3.28. The van der Waals surface area contributed by atoms with Crippen molar-refractivity contribution in [3.63, 3.8) is 0 Å². The molecule has 3 rings (SSSR count). The molecule has 2 fully saturated rings. The number of hydrogen-bond acceptors (Lipinski definition) is 5. The lowest BCUT2D eigenvalue weighted by atomic mass is 10.1. The lowest BCUT2D eigenvalue weighted by Gasteiger charge is -2.21. The first-order valence-electron chi connectivity index (χ1n) is 7.55. The zero-order valence-corrected chi connectivity index (χ0v) is 12.5. The molecule has 0 aromatic carbocycles. The monoisotopic (exact) mass is 300 g/mol. The van der Waals surface area contributed by atoms with Crippen molar-refractivity contribution in [2.24, 2.45) is 5.92 Å². The minimum atomic E-state index is -0.178. The Morgan fingerprint density at radius 3 is 2.95 bits per heavy atom. The molecule has 1 saturated heterocycles. The van der Waals surface area contributed by atoms with E-state index in [0.717, 1.165) is 12.3 Å². The Hall–Kier alpha value is -2.17. The van der Waals surface area contributed by atoms with Gasteiger partial charge in [-0.3, -0.25) is 10.9 Å². The van der Waals surface area contributed by atoms with Crippen LogP contribution < -0.4 is 16.2 Å². The fourth-order valence-electron chi connectivity index (χ4n) is 2.74. The molecule has 0 bridgehead atoms. The van der Waals surface area contributed by atoms with Crippen molar-refractivity contribution in [3.8, 4) is 6.07 Å². The van der Waals surface area contributed by atoms with E-state index in [1.54, 1.807) is 24.1 Å². The van der Waals surface area contributed by atoms with E-state index in [9.17, 15) is 4.79 Å². The molecule has 7 heteroatoms. The molecule has 2 heterocycles. The maximum Gasteiger partial charge on any atom is 0.321 e. The number of nitriles is 1. The van der Waals surface area contributed by atoms with E-state index in [2.05, 4.69) is 21.2 Å². The van der Waals surface area contributed by atoms with Crippen molar-refractivity contribution in [2.75, 3.05) is 18.9 Å². The second-order valence-electron chi connectivity index (χ2n) is 6.02. The van der Waals surface area contributed by atoms with Gasteiger partial charge in [-0.2, -0.15) is 5.26 Å². The van der Waals surface area contributed by atoms with Gasteiger partial charge in [0.15, 0.2) is 0 Å². The lowest BCUT2D eigenvalue weighted by molar-refractivity contribution is 0.217. The number of pyridine rings is 1. The standard InChI is InChI=1S/C15H20N6O/c1-21(9-13-6-14(20-19-13)10-2-3-10)15(22)18-12-5-4-11(7-16)17-8-12/h4-5,8,10,13-14,19-20H,2-3,6,9H2,1H3,(H,18,22). The number of anilines is 1. The largest absolute Gasteiger partial charge is 0.326 e. The van der Waals surface area contributed by atoms with Crippen LogP contribution in [0.3, 0.4) is 0 Å². The first-order chi connectivity index (χ1) is 10.7. The van der Waals surface area contributed by atoms with Gasteiger partial charge in [0.25, 0.3) is 0 Å². The van der Waals surface area contributed by atoms with Crippen LogP contribution in [0.1, 0.15) is 25.0 Å². The number of carbonyl (C=O) groups excluding carboxylic acids is 1. The average molecular weight is 300 g/mol. The minimum absolute atomic E-state index is 0.178. The minimum Gasteiger partial charge on any atom is -0.326 e. The number of nitrogens with one attached hydrogen (secondary N) is 3. The third-order valence-electron chi connectivity index (χ3n) is 4.17. The van der Waals surface area contributed by atoms with Crippen LogP contribution in [0, 0.1) is 17.2 Å². The molecule has 1 aromatic rings. The van der Waals surface area contributed by atoms with E-state index in [0.29, 0.717) is 24.0 Å². The second kappa shape index (κ2) is 6.30. The van der Waals surface area contributed by atoms with Crippen LogP contribution in [-0.2, 0) is 0 Å². The molecule has 2 aliphatic rings. The fraction of sp³-hybridized carbons (Fsp3) is 0.533. The number of hydrogen-bond donors (Lipinski definition) is 3. The Morgan fingerprint density at radius 1 is 1.50 bits per heavy atom. The maximum atomic E-state index is 12.2. The molecule has 2 amide bonds. The summed E-state index contributed by atoms with van der Waals surface area (Å²) in [5.41, 5.74) is 7.52. The second-order valence-corrected chi connectivity index (χ2v) is 6.02. The normalized spacial score (nSPS) is 23.8. The first-order valence-corrected chi connectivity index (χ1v) is 7.55. The van der Waals surface area contributed by atoms with Gasteiger partial charge in [0.1, 0.15) is 11.8 Å². The summed E-state index contributed by atoms with van der Waals surface area (Å²) in [7, 11) is 1.78. The number of likely N-dealkylation sites (N-methyl/N-ethyl adjacent to an activating group) is 1. The highest BCUT2D eigenvalue weighted by atomic mass is 16.2. The predicted octanol–water partition coefficient (Wildman–Crippen LogP) is 1.06. The van der Waals surface area contributed by atoms with Crippen molar-refractivity contribution >= 4 is 11.7 Å². The van der Waals surface area contributed by atoms with Crippen molar-refractivity contribution in [1.82, 2.24) is 20.7 Å². The van der Waals surface area contributed by atoms with Crippen LogP contribution in [0.25, 0.3) is 0 Å². The number of amides is 2. The summed E-state index contributed by atoms with van der Waals surface area (Å²) in [5, 5.41) is 11.5. The number of carbonyl (C=O) groups is 1. The number of aromatic nitrogens is 1. The summed E-state index contributed by atoms with van der Waals surface area (Å²) in [5.74, 6) is 0.807. The first kappa shape index (κ1) is 14.8. The molecule has 1 saturated carbocycles. The van der Waals surface area contributed by atoms with Crippen LogP contribution in [0.2, 0.25) is 0 Å². The molecule has 1 aromatic heterocycles. The van der Waals surface area contributed by atoms with Gasteiger partial charge in [0.2, 0.25) is 0 Å². The van der Waals surface area contributed by atoms with Crippen molar-refractivity contribution in [2.45, 2.75) is 31.3 Å². The molecule has 22 heavy (non-hydrogen) atoms. The SMILES string of the molecule is CN(CC1CC(C2CC2)NN1)C(=O)Nc1ccc(C#N)nc1. The van der Waals surface area contributed by atoms with Gasteiger partial charge in [-0.25, -0.2) is 9.78 Å². The molecule has 3 N–H and O–H groups in total. The Kier molecular flexibility index (Phi) is 4.22. The van der Waals surface area contributed by atoms with Gasteiger partial charge >= 0.3 is 6.03 Å². The highest BCUT2D eigenvalue weighted by Gasteiger charge is 2.36. The molecule has 116 valence electrons. The number of hydrazine groups is 1. The molecule has 7 nitrogen and oxygen atoms in total. The zero-order valence-electron chi connectivity index (χ0n) is 12.5. The summed E-state index contributed by atoms with van der Waals surface area (Å²) in [6.45, 7) is 0.645. The van der Waals surface area contributed by atoms with E-state index < -0.39 is 0 Å². The van der Waals surface area contributed by atoms with E-state index in [1.165, 1.54) is 19.0 Å². The van der Waals surface area contributed by atoms with Gasteiger partial charge in [0, 0.05) is 25.7 Å². The van der Waals surface area contributed by atoms with Crippen molar-refractivity contribution < 1.29 is 4.79 Å². The Labute approximate surface area is 129 Å². The topological polar surface area (TPSA) is 93.1 Å². The predicted molar refractivity (Wildman–Crippen MR) is 81.8 cm³/mol. The van der Waals surface area contributed by atoms with Crippen LogP contribution in [0.5, 0.6) is 0 Å². The highest BCUT2D eigenvalue weighted by Crippen LogP contribution is 2.35. The van der Waals surface area contributed by atoms with Crippen LogP contribution in [-0.4, -0.2) is 41.6 Å². The molecule has 1 aliphatic heterocycles. The summed E-state index contributed by atoms with van der Waals surface area (Å²) in [6, 6.07) is 5.85. The summed E-state index contributed by atoms with van der Waals surface area (Å²) in [4.78, 5) is 17.7. The lowest BCUT2D eigenvalue weighted by Crippen LogP contribution is -2.43. The maximum absolute atomic E-state index is 12.2. The summed E-state index contributed by atoms with van der Waals surface area (Å²) < 4.78 is 0. The van der Waals surface area contributed by atoms with Gasteiger partial charge in [-0.1, -0.05) is 0 Å². The molecule has 1 aliphatic carbocycles. The smallest absolute Gasteiger partial charge is 0.321 e. The van der Waals surface area contributed by atoms with Crippen molar-refractivity contribution in [3.05, 3.63) is 24.0 Å². The van der Waals surface area contributed by atoms with Crippen LogP contribution in [0.4, 0.5) is 10.5 Å². The van der Waals surface area contributed by atoms with Gasteiger partial charge in [0.05, 0.1) is 11.9 Å². The molecular weight excluding hydrogens is 280 g/mol. The van der Waals surface area contributed by atoms with E-state index in [4.69, 9.17) is 5.26 Å². The Bertz CT molecular complexity index is 577. The van der Waals surface area contributed by atoms with Gasteiger partial charge < -0.3 is 10.2 Å². The van der Waals surface area contributed by atoms with Crippen LogP contribution >= 0.6 is 0 Å². The molecule has 2 unspecified atom stereocenters. The molecule has 0 radical (unpaired) electrons. The third-order valence-corrected chi connectivity index (χ3v) is 4.17. The summed E-state index contributed by atoms with van der Waals surface area (Å²) in [6.07, 6.45) is 5.17. The molecule has 2 atom stereocenters. The van der Waals surface area contributed by atoms with E-state index >= 15 is 0 Å². The number of nitrogens with zero attached hydrogens (tertiary/aromatic N) is 3. The third kappa shape index (κ3) is 3.53. The van der Waals surface area contributed by atoms with Gasteiger partial charge in [-0.15, -0.1) is 0 Å². The quantitative estimate of drug-likeness (QED) is 0.773. The Morgan fingerprint density at radius 2 is 2.32 bits per heavy atom. The fourth-order valence-corrected chi connectivity index (χ4v) is 2.74. The summed E-state index contributed by atoms with van der Waals surface area (Å²) >= 11 is 0. The molecular formula is C15H20N6O. The van der Waals surface area contributed by atoms with E-state index in [1.807, 2.05) is 6.07 Å². The highest BCUT2D eigenvalue weighted by molar-refractivity contribution is 5.88. The molecule has 0 spiro atoms. The Balaban J connectivity index is 1.47. The number of urea groups is 1. The van der Waals surface area contributed by atoms with E-state index in [-0.39, 0.29) is 12.1 Å². The van der Waals surface area contributed by atoms with Gasteiger partial charge in [-0.05, 0) is 37.3 Å². The zero-order chi connectivity index (χ0) is 15.5. The van der Waals surface area contributed by atoms with Crippen molar-refractivity contribution in [1.29, 1.82) is 5.26 Å². The van der Waals surface area contributed by atoms with Crippen LogP contribution in [0.15, 0.2) is 18.3 Å².